The molecule has 2 fully saturated rings. The molecule has 5 unspecified atom stereocenters. The third-order valence-corrected chi connectivity index (χ3v) is 7.01. The van der Waals surface area contributed by atoms with Gasteiger partial charge in [-0.3, -0.25) is 4.90 Å². The van der Waals surface area contributed by atoms with Crippen molar-refractivity contribution in [1.82, 2.24) is 0 Å². The first-order chi connectivity index (χ1) is 15.7. The predicted molar refractivity (Wildman–Crippen MR) is 134 cm³/mol. The van der Waals surface area contributed by atoms with Gasteiger partial charge in [-0.15, -0.1) is 9.24 Å². The summed E-state index contributed by atoms with van der Waals surface area (Å²) in [4.78, 5) is 14.1. The number of methoxy groups -OCH3 is 1. The number of nitrogens with two attached hydrogens (primary N) is 2. The Morgan fingerprint density at radius 2 is 2.12 bits per heavy atom. The van der Waals surface area contributed by atoms with Crippen LogP contribution < -0.4 is 21.7 Å². The first-order valence-corrected chi connectivity index (χ1v) is 11.9. The molecular formula is C25H35FN3O3P. The zero-order chi connectivity index (χ0) is 24.2. The fraction of sp³-hybridized carbons (Fsp3) is 0.480. The molecule has 0 saturated heterocycles. The highest BCUT2D eigenvalue weighted by Gasteiger charge is 2.58. The second-order valence-corrected chi connectivity index (χ2v) is 9.79. The summed E-state index contributed by atoms with van der Waals surface area (Å²) in [5.41, 5.74) is 13.9. The van der Waals surface area contributed by atoms with Crippen LogP contribution in [0.3, 0.4) is 0 Å². The summed E-state index contributed by atoms with van der Waals surface area (Å²) >= 11 is 0. The summed E-state index contributed by atoms with van der Waals surface area (Å²) < 4.78 is 18.9. The standard InChI is InChI=1S/C21H24FN2O2P.C4H11NO/c1-26-20(25)24(18-9-15(22)10-19(27)11-18)17-5-6-21(12-14(21)8-17)13-3-2-4-16(23)7-13;1-4(6)2-3-5/h2-4,7,9-11,14,17H,5-6,8,12,23,27H2,1H3;4,6H,2-3,5H2,1H3. The second-order valence-electron chi connectivity index (χ2n) is 9.12. The number of hydrogen-bond acceptors (Lipinski definition) is 5. The molecule has 4 rings (SSSR count). The van der Waals surface area contributed by atoms with E-state index in [-0.39, 0.29) is 23.4 Å². The van der Waals surface area contributed by atoms with Crippen LogP contribution in [0.1, 0.15) is 44.6 Å². The van der Waals surface area contributed by atoms with Crippen LogP contribution in [0, 0.1) is 11.7 Å². The maximum atomic E-state index is 13.9. The zero-order valence-corrected chi connectivity index (χ0v) is 20.5. The number of carbonyl (C=O) groups excluding carboxylic acids is 1. The molecule has 5 atom stereocenters. The number of halogens is 1. The van der Waals surface area contributed by atoms with E-state index in [4.69, 9.17) is 21.3 Å². The van der Waals surface area contributed by atoms with Gasteiger partial charge in [0.25, 0.3) is 0 Å². The number of anilines is 2. The quantitative estimate of drug-likeness (QED) is 0.452. The van der Waals surface area contributed by atoms with Crippen LogP contribution in [0.2, 0.25) is 0 Å². The molecule has 1 amide bonds. The van der Waals surface area contributed by atoms with Gasteiger partial charge in [0.1, 0.15) is 5.82 Å². The monoisotopic (exact) mass is 475 g/mol. The highest BCUT2D eigenvalue weighted by molar-refractivity contribution is 7.27. The summed E-state index contributed by atoms with van der Waals surface area (Å²) in [6.07, 6.45) is 3.87. The normalized spacial score (nSPS) is 24.1. The number of rotatable bonds is 5. The van der Waals surface area contributed by atoms with Gasteiger partial charge >= 0.3 is 6.09 Å². The van der Waals surface area contributed by atoms with Gasteiger partial charge in [-0.2, -0.15) is 0 Å². The maximum absolute atomic E-state index is 13.9. The maximum Gasteiger partial charge on any atom is 0.414 e. The first-order valence-electron chi connectivity index (χ1n) is 11.4. The SMILES string of the molecule is CC(O)CCN.COC(=O)N(c1cc(F)cc(P)c1)C1CCC2(c3cccc(N)c3)CC2C1. The van der Waals surface area contributed by atoms with Gasteiger partial charge in [0.2, 0.25) is 0 Å². The summed E-state index contributed by atoms with van der Waals surface area (Å²) in [6, 6.07) is 12.8. The molecule has 0 bridgehead atoms. The molecule has 2 aromatic rings. The van der Waals surface area contributed by atoms with Crippen LogP contribution in [0.5, 0.6) is 0 Å². The van der Waals surface area contributed by atoms with Crippen molar-refractivity contribution in [2.75, 3.05) is 24.3 Å². The highest BCUT2D eigenvalue weighted by Crippen LogP contribution is 2.63. The molecule has 0 aromatic heterocycles. The van der Waals surface area contributed by atoms with E-state index in [1.54, 1.807) is 17.9 Å². The van der Waals surface area contributed by atoms with Crippen molar-refractivity contribution in [1.29, 1.82) is 0 Å². The Morgan fingerprint density at radius 3 is 2.67 bits per heavy atom. The number of nitrogens with zero attached hydrogens (tertiary/aromatic N) is 1. The summed E-state index contributed by atoms with van der Waals surface area (Å²) in [5.74, 6) is 0.150. The van der Waals surface area contributed by atoms with Crippen molar-refractivity contribution < 1.29 is 19.0 Å². The van der Waals surface area contributed by atoms with Crippen LogP contribution in [0.25, 0.3) is 0 Å². The zero-order valence-electron chi connectivity index (χ0n) is 19.3. The van der Waals surface area contributed by atoms with E-state index in [2.05, 4.69) is 21.4 Å². The fourth-order valence-corrected chi connectivity index (χ4v) is 5.32. The first kappa shape index (κ1) is 25.4. The van der Waals surface area contributed by atoms with Gasteiger partial charge in [-0.05, 0) is 98.1 Å². The molecule has 2 aromatic carbocycles. The van der Waals surface area contributed by atoms with E-state index in [0.717, 1.165) is 31.4 Å². The van der Waals surface area contributed by atoms with Crippen molar-refractivity contribution in [2.45, 2.75) is 56.6 Å². The molecule has 6 nitrogen and oxygen atoms in total. The molecular weight excluding hydrogens is 440 g/mol. The third-order valence-electron chi connectivity index (χ3n) is 6.68. The van der Waals surface area contributed by atoms with Crippen molar-refractivity contribution in [3.63, 3.8) is 0 Å². The Balaban J connectivity index is 0.000000454. The topological polar surface area (TPSA) is 102 Å². The van der Waals surface area contributed by atoms with Crippen LogP contribution in [0.4, 0.5) is 20.6 Å². The summed E-state index contributed by atoms with van der Waals surface area (Å²) in [7, 11) is 3.86. The van der Waals surface area contributed by atoms with Crippen LogP contribution in [0.15, 0.2) is 42.5 Å². The van der Waals surface area contributed by atoms with Gasteiger partial charge < -0.3 is 21.3 Å². The van der Waals surface area contributed by atoms with Crippen LogP contribution in [-0.4, -0.2) is 37.0 Å². The lowest BCUT2D eigenvalue weighted by Crippen LogP contribution is -2.43. The number of carbonyl (C=O) groups is 1. The minimum atomic E-state index is -0.438. The molecule has 0 heterocycles. The van der Waals surface area contributed by atoms with E-state index < -0.39 is 6.09 Å². The Hall–Kier alpha value is -2.21. The Kier molecular flexibility index (Phi) is 8.33. The van der Waals surface area contributed by atoms with Gasteiger partial charge in [0, 0.05) is 11.7 Å². The van der Waals surface area contributed by atoms with Crippen molar-refractivity contribution in [3.8, 4) is 0 Å². The number of hydrogen-bond donors (Lipinski definition) is 3. The van der Waals surface area contributed by atoms with Gasteiger partial charge in [-0.25, -0.2) is 9.18 Å². The molecule has 2 aliphatic rings. The van der Waals surface area contributed by atoms with Gasteiger partial charge in [-0.1, -0.05) is 12.1 Å². The Morgan fingerprint density at radius 1 is 1.36 bits per heavy atom. The Labute approximate surface area is 197 Å². The number of fused-ring (bicyclic) bond motifs is 1. The van der Waals surface area contributed by atoms with Gasteiger partial charge in [0.05, 0.1) is 18.9 Å². The second kappa shape index (κ2) is 10.8. The van der Waals surface area contributed by atoms with Crippen LogP contribution in [-0.2, 0) is 10.2 Å². The minimum absolute atomic E-state index is 0.00494. The molecule has 5 N–H and O–H groups in total. The molecule has 0 spiro atoms. The molecule has 2 aliphatic carbocycles. The number of amides is 1. The van der Waals surface area contributed by atoms with E-state index >= 15 is 0 Å². The average molecular weight is 476 g/mol. The molecule has 2 saturated carbocycles. The van der Waals surface area contributed by atoms with Crippen molar-refractivity contribution in [2.24, 2.45) is 11.7 Å². The van der Waals surface area contributed by atoms with Crippen molar-refractivity contribution >= 4 is 32.0 Å². The lowest BCUT2D eigenvalue weighted by atomic mass is 9.80. The Bertz CT molecular complexity index is 953. The number of benzene rings is 2. The summed E-state index contributed by atoms with van der Waals surface area (Å²) in [6.45, 7) is 2.31. The van der Waals surface area contributed by atoms with E-state index in [1.807, 2.05) is 12.1 Å². The summed E-state index contributed by atoms with van der Waals surface area (Å²) in [5, 5.41) is 9.18. The molecule has 0 radical (unpaired) electrons. The fourth-order valence-electron chi connectivity index (χ4n) is 4.99. The highest BCUT2D eigenvalue weighted by atomic mass is 31.0. The lowest BCUT2D eigenvalue weighted by molar-refractivity contribution is 0.173. The van der Waals surface area contributed by atoms with Crippen molar-refractivity contribution in [3.05, 3.63) is 53.8 Å². The predicted octanol–water partition coefficient (Wildman–Crippen LogP) is 3.71. The smallest absolute Gasteiger partial charge is 0.414 e. The number of ether oxygens (including phenoxy) is 1. The van der Waals surface area contributed by atoms with Gasteiger partial charge in [0.15, 0.2) is 0 Å². The number of aliphatic hydroxyl groups excluding tert-OH is 1. The largest absolute Gasteiger partial charge is 0.452 e. The molecule has 33 heavy (non-hydrogen) atoms. The molecule has 8 heteroatoms. The van der Waals surface area contributed by atoms with E-state index in [9.17, 15) is 9.18 Å². The number of nitrogen functional groups attached to an aromatic ring is 1. The van der Waals surface area contributed by atoms with E-state index in [1.165, 1.54) is 24.8 Å². The number of aliphatic hydroxyl groups is 1. The van der Waals surface area contributed by atoms with Crippen LogP contribution >= 0.6 is 9.24 Å². The lowest BCUT2D eigenvalue weighted by Gasteiger charge is -2.36. The molecule has 0 aliphatic heterocycles. The minimum Gasteiger partial charge on any atom is -0.452 e. The van der Waals surface area contributed by atoms with E-state index in [0.29, 0.717) is 29.9 Å². The average Bonchev–Trinajstić information content (AvgIpc) is 3.49. The molecule has 180 valence electrons. The third kappa shape index (κ3) is 6.03.